The van der Waals surface area contributed by atoms with Crippen molar-refractivity contribution >= 4 is 41.1 Å². The molecule has 1 aromatic carbocycles. The van der Waals surface area contributed by atoms with Crippen LogP contribution in [0.4, 0.5) is 0 Å². The molecule has 0 N–H and O–H groups in total. The Morgan fingerprint density at radius 2 is 1.94 bits per heavy atom. The summed E-state index contributed by atoms with van der Waals surface area (Å²) in [4.78, 5) is 6.01. The minimum atomic E-state index is 0.605. The van der Waals surface area contributed by atoms with Gasteiger partial charge in [0.2, 0.25) is 5.17 Å². The van der Waals surface area contributed by atoms with Crippen LogP contribution in [0.25, 0.3) is 0 Å². The van der Waals surface area contributed by atoms with Crippen LogP contribution >= 0.6 is 23.4 Å². The second kappa shape index (κ2) is 7.89. The van der Waals surface area contributed by atoms with Gasteiger partial charge in [0.15, 0.2) is 0 Å². The van der Waals surface area contributed by atoms with Gasteiger partial charge in [-0.2, -0.15) is 5.10 Å². The molecule has 0 aliphatic rings. The number of aliphatic imine (C=N–C) groups is 1. The van der Waals surface area contributed by atoms with Gasteiger partial charge in [-0.25, -0.2) is 4.99 Å². The fourth-order valence-corrected chi connectivity index (χ4v) is 1.39. The molecular weight excluding hydrogens is 268 g/mol. The summed E-state index contributed by atoms with van der Waals surface area (Å²) in [5.41, 5.74) is 0.945. The molecule has 0 bridgehead atoms. The van der Waals surface area contributed by atoms with Gasteiger partial charge in [0, 0.05) is 19.1 Å². The Labute approximate surface area is 116 Å². The van der Waals surface area contributed by atoms with Crippen molar-refractivity contribution in [1.29, 1.82) is 0 Å². The van der Waals surface area contributed by atoms with Crippen LogP contribution in [0, 0.1) is 0 Å². The fraction of sp³-hybridized carbons (Fsp3) is 0.250. The molecule has 6 heteroatoms. The van der Waals surface area contributed by atoms with E-state index in [1.165, 1.54) is 11.8 Å². The highest BCUT2D eigenvalue weighted by molar-refractivity contribution is 8.13. The molecule has 0 radical (unpaired) electrons. The van der Waals surface area contributed by atoms with Gasteiger partial charge in [0.05, 0.1) is 12.6 Å². The quantitative estimate of drug-likeness (QED) is 0.486. The molecule has 4 nitrogen and oxygen atoms in total. The number of hydrogen-bond donors (Lipinski definition) is 0. The Kier molecular flexibility index (Phi) is 6.46. The molecule has 0 fully saturated rings. The van der Waals surface area contributed by atoms with Gasteiger partial charge < -0.3 is 4.90 Å². The number of hydrogen-bond acceptors (Lipinski definition) is 3. The van der Waals surface area contributed by atoms with Crippen LogP contribution in [-0.4, -0.2) is 43.0 Å². The van der Waals surface area contributed by atoms with Crippen LogP contribution < -0.4 is 0 Å². The first-order valence-corrected chi connectivity index (χ1v) is 6.83. The Hall–Kier alpha value is -1.33. The normalized spacial score (nSPS) is 12.6. The van der Waals surface area contributed by atoms with Gasteiger partial charge >= 0.3 is 0 Å². The fourth-order valence-electron chi connectivity index (χ4n) is 0.978. The second-order valence-corrected chi connectivity index (χ2v) is 4.80. The molecule has 0 unspecified atom stereocenters. The Morgan fingerprint density at radius 3 is 2.50 bits per heavy atom. The predicted octanol–water partition coefficient (Wildman–Crippen LogP) is 2.98. The minimum Gasteiger partial charge on any atom is -0.369 e. The maximum atomic E-state index is 5.79. The zero-order valence-corrected chi connectivity index (χ0v) is 12.1. The lowest BCUT2D eigenvalue weighted by molar-refractivity contribution is 0.644. The molecule has 1 rings (SSSR count). The van der Waals surface area contributed by atoms with Crippen LogP contribution in [0.2, 0.25) is 5.02 Å². The smallest absolute Gasteiger partial charge is 0.210 e. The molecule has 0 heterocycles. The first-order chi connectivity index (χ1) is 8.61. The van der Waals surface area contributed by atoms with Crippen LogP contribution in [0.1, 0.15) is 5.56 Å². The average Bonchev–Trinajstić information content (AvgIpc) is 2.35. The molecule has 0 aromatic heterocycles. The van der Waals surface area contributed by atoms with E-state index in [0.29, 0.717) is 10.2 Å². The number of halogens is 1. The third kappa shape index (κ3) is 5.84. The molecule has 0 atom stereocenters. The summed E-state index contributed by atoms with van der Waals surface area (Å²) in [5, 5.41) is 9.32. The van der Waals surface area contributed by atoms with Crippen molar-refractivity contribution < 1.29 is 0 Å². The molecule has 0 amide bonds. The number of thioether (sulfide) groups is 1. The van der Waals surface area contributed by atoms with E-state index >= 15 is 0 Å². The van der Waals surface area contributed by atoms with Gasteiger partial charge in [-0.3, -0.25) is 0 Å². The highest BCUT2D eigenvalue weighted by Crippen LogP contribution is 2.08. The third-order valence-electron chi connectivity index (χ3n) is 1.80. The molecule has 96 valence electrons. The molecule has 1 aromatic rings. The zero-order valence-electron chi connectivity index (χ0n) is 10.5. The van der Waals surface area contributed by atoms with Crippen molar-refractivity contribution in [2.75, 3.05) is 20.4 Å². The summed E-state index contributed by atoms with van der Waals surface area (Å²) in [6.45, 7) is 0. The summed E-state index contributed by atoms with van der Waals surface area (Å²) in [6, 6.07) is 7.38. The van der Waals surface area contributed by atoms with E-state index in [1.54, 1.807) is 12.6 Å². The monoisotopic (exact) mass is 282 g/mol. The topological polar surface area (TPSA) is 40.3 Å². The van der Waals surface area contributed by atoms with E-state index in [1.807, 2.05) is 49.5 Å². The van der Waals surface area contributed by atoms with Crippen LogP contribution in [0.15, 0.2) is 39.5 Å². The van der Waals surface area contributed by atoms with E-state index in [2.05, 4.69) is 15.2 Å². The van der Waals surface area contributed by atoms with Gasteiger partial charge in [-0.15, -0.1) is 5.10 Å². The Bertz CT molecular complexity index is 452. The number of benzene rings is 1. The second-order valence-electron chi connectivity index (χ2n) is 3.59. The predicted molar refractivity (Wildman–Crippen MR) is 82.2 cm³/mol. The molecular formula is C12H15ClN4S. The maximum absolute atomic E-state index is 5.79. The first kappa shape index (κ1) is 14.7. The standard InChI is InChI=1S/C12H15ClN4S/c1-17(2)9-14-12(18-3)16-15-8-10-4-6-11(13)7-5-10/h4-9H,1-3H3. The summed E-state index contributed by atoms with van der Waals surface area (Å²) in [6.07, 6.45) is 5.26. The maximum Gasteiger partial charge on any atom is 0.210 e. The lowest BCUT2D eigenvalue weighted by atomic mass is 10.2. The largest absolute Gasteiger partial charge is 0.369 e. The Balaban J connectivity index is 2.68. The van der Waals surface area contributed by atoms with Gasteiger partial charge in [0.1, 0.15) is 0 Å². The molecule has 18 heavy (non-hydrogen) atoms. The first-order valence-electron chi connectivity index (χ1n) is 5.23. The summed E-state index contributed by atoms with van der Waals surface area (Å²) in [5.74, 6) is 0. The highest BCUT2D eigenvalue weighted by atomic mass is 35.5. The molecule has 0 aliphatic heterocycles. The summed E-state index contributed by atoms with van der Waals surface area (Å²) in [7, 11) is 3.80. The van der Waals surface area contributed by atoms with Crippen molar-refractivity contribution in [1.82, 2.24) is 4.90 Å². The summed E-state index contributed by atoms with van der Waals surface area (Å²) < 4.78 is 0. The van der Waals surface area contributed by atoms with Gasteiger partial charge in [0.25, 0.3) is 0 Å². The zero-order chi connectivity index (χ0) is 13.4. The molecule has 0 saturated heterocycles. The number of amidine groups is 1. The minimum absolute atomic E-state index is 0.605. The SMILES string of the molecule is CSC(N=CN(C)C)=NN=Cc1ccc(Cl)cc1. The van der Waals surface area contributed by atoms with E-state index in [-0.39, 0.29) is 0 Å². The van der Waals surface area contributed by atoms with E-state index in [4.69, 9.17) is 11.6 Å². The highest BCUT2D eigenvalue weighted by Gasteiger charge is 1.92. The van der Waals surface area contributed by atoms with E-state index in [0.717, 1.165) is 5.56 Å². The van der Waals surface area contributed by atoms with Crippen molar-refractivity contribution in [2.45, 2.75) is 0 Å². The van der Waals surface area contributed by atoms with Gasteiger partial charge in [-0.05, 0) is 24.0 Å². The molecule has 0 saturated carbocycles. The van der Waals surface area contributed by atoms with Crippen LogP contribution in [-0.2, 0) is 0 Å². The molecule has 0 spiro atoms. The van der Waals surface area contributed by atoms with E-state index in [9.17, 15) is 0 Å². The summed E-state index contributed by atoms with van der Waals surface area (Å²) >= 11 is 7.23. The Morgan fingerprint density at radius 1 is 1.28 bits per heavy atom. The lowest BCUT2D eigenvalue weighted by Crippen LogP contribution is -2.08. The van der Waals surface area contributed by atoms with Crippen LogP contribution in [0.5, 0.6) is 0 Å². The van der Waals surface area contributed by atoms with E-state index < -0.39 is 0 Å². The average molecular weight is 283 g/mol. The van der Waals surface area contributed by atoms with Gasteiger partial charge in [-0.1, -0.05) is 35.5 Å². The van der Waals surface area contributed by atoms with Crippen LogP contribution in [0.3, 0.4) is 0 Å². The lowest BCUT2D eigenvalue weighted by Gasteiger charge is -2.01. The number of nitrogens with zero attached hydrogens (tertiary/aromatic N) is 4. The van der Waals surface area contributed by atoms with Crippen molar-refractivity contribution in [3.05, 3.63) is 34.9 Å². The van der Waals surface area contributed by atoms with Crippen molar-refractivity contribution in [3.8, 4) is 0 Å². The molecule has 0 aliphatic carbocycles. The number of rotatable bonds is 3. The van der Waals surface area contributed by atoms with Crippen molar-refractivity contribution in [2.24, 2.45) is 15.2 Å². The van der Waals surface area contributed by atoms with Crippen molar-refractivity contribution in [3.63, 3.8) is 0 Å². The third-order valence-corrected chi connectivity index (χ3v) is 2.61.